The molecule has 3 heteroatoms. The van der Waals surface area contributed by atoms with Crippen LogP contribution < -0.4 is 5.32 Å². The molecule has 0 spiro atoms. The van der Waals surface area contributed by atoms with E-state index >= 15 is 0 Å². The van der Waals surface area contributed by atoms with Crippen molar-refractivity contribution in [1.29, 1.82) is 0 Å². The Bertz CT molecular complexity index is 172. The molecule has 0 aliphatic heterocycles. The van der Waals surface area contributed by atoms with Crippen LogP contribution >= 0.6 is 23.2 Å². The molecule has 1 N–H and O–H groups in total. The van der Waals surface area contributed by atoms with E-state index in [1.807, 2.05) is 0 Å². The molecule has 2 rings (SSSR count). The molecule has 94 valence electrons. The lowest BCUT2D eigenvalue weighted by Gasteiger charge is -2.30. The topological polar surface area (TPSA) is 12.0 Å². The van der Waals surface area contributed by atoms with E-state index in [0.717, 1.165) is 12.0 Å². The van der Waals surface area contributed by atoms with Crippen LogP contribution in [0.4, 0.5) is 0 Å². The van der Waals surface area contributed by atoms with Gasteiger partial charge in [-0.25, -0.2) is 0 Å². The monoisotopic (exact) mass is 263 g/mol. The van der Waals surface area contributed by atoms with Crippen LogP contribution in [0.2, 0.25) is 0 Å². The second kappa shape index (κ2) is 6.47. The third-order valence-corrected chi connectivity index (χ3v) is 5.00. The predicted molar refractivity (Wildman–Crippen MR) is 71.5 cm³/mol. The summed E-state index contributed by atoms with van der Waals surface area (Å²) in [6.45, 7) is 1.20. The number of hydrogen-bond acceptors (Lipinski definition) is 1. The predicted octanol–water partition coefficient (Wildman–Crippen LogP) is 3.92. The first-order chi connectivity index (χ1) is 7.74. The highest BCUT2D eigenvalue weighted by atomic mass is 35.5. The maximum absolute atomic E-state index is 6.11. The molecule has 0 aromatic rings. The van der Waals surface area contributed by atoms with E-state index in [2.05, 4.69) is 5.32 Å². The van der Waals surface area contributed by atoms with Gasteiger partial charge in [0.25, 0.3) is 0 Å². The molecule has 0 radical (unpaired) electrons. The Labute approximate surface area is 109 Å². The summed E-state index contributed by atoms with van der Waals surface area (Å²) in [5.74, 6) is 0.865. The molecule has 2 fully saturated rings. The van der Waals surface area contributed by atoms with Crippen molar-refractivity contribution >= 4 is 23.2 Å². The molecule has 0 bridgehead atoms. The lowest BCUT2D eigenvalue weighted by Crippen LogP contribution is -2.37. The van der Waals surface area contributed by atoms with Crippen LogP contribution in [0.5, 0.6) is 0 Å². The van der Waals surface area contributed by atoms with Crippen LogP contribution in [0.3, 0.4) is 0 Å². The Morgan fingerprint density at radius 1 is 0.750 bits per heavy atom. The normalized spacial score (nSPS) is 40.9. The number of hydrogen-bond donors (Lipinski definition) is 1. The smallest absolute Gasteiger partial charge is 0.0337 e. The number of halogens is 2. The van der Waals surface area contributed by atoms with Gasteiger partial charge in [0.1, 0.15) is 0 Å². The van der Waals surface area contributed by atoms with E-state index < -0.39 is 0 Å². The standard InChI is InChI=1S/C13H23Cl2N/c14-11-3-1-10(2-4-11)9-16-13-7-5-12(15)6-8-13/h10-13,16H,1-9H2. The summed E-state index contributed by atoms with van der Waals surface area (Å²) in [7, 11) is 0. The zero-order chi connectivity index (χ0) is 11.4. The summed E-state index contributed by atoms with van der Waals surface area (Å²) in [6.07, 6.45) is 9.95. The fourth-order valence-electron chi connectivity index (χ4n) is 2.92. The Balaban J connectivity index is 1.60. The molecule has 16 heavy (non-hydrogen) atoms. The minimum absolute atomic E-state index is 0.435. The highest BCUT2D eigenvalue weighted by Crippen LogP contribution is 2.28. The van der Waals surface area contributed by atoms with Crippen molar-refractivity contribution < 1.29 is 0 Å². The molecule has 0 aromatic carbocycles. The fraction of sp³-hybridized carbons (Fsp3) is 1.00. The first-order valence-corrected chi connectivity index (χ1v) is 7.63. The lowest BCUT2D eigenvalue weighted by molar-refractivity contribution is 0.303. The Hall–Kier alpha value is 0.540. The van der Waals surface area contributed by atoms with E-state index in [1.54, 1.807) is 0 Å². The number of nitrogens with one attached hydrogen (secondary N) is 1. The molecule has 0 unspecified atom stereocenters. The summed E-state index contributed by atoms with van der Waals surface area (Å²) in [5, 5.41) is 4.61. The first-order valence-electron chi connectivity index (χ1n) is 6.75. The molecule has 0 heterocycles. The van der Waals surface area contributed by atoms with Crippen LogP contribution in [0.15, 0.2) is 0 Å². The summed E-state index contributed by atoms with van der Waals surface area (Å²) < 4.78 is 0. The van der Waals surface area contributed by atoms with Crippen molar-refractivity contribution in [3.63, 3.8) is 0 Å². The van der Waals surface area contributed by atoms with Gasteiger partial charge in [-0.2, -0.15) is 0 Å². The number of alkyl halides is 2. The van der Waals surface area contributed by atoms with E-state index in [1.165, 1.54) is 57.9 Å². The summed E-state index contributed by atoms with van der Waals surface area (Å²) >= 11 is 12.2. The molecule has 2 saturated carbocycles. The zero-order valence-corrected chi connectivity index (χ0v) is 11.4. The van der Waals surface area contributed by atoms with Gasteiger partial charge < -0.3 is 5.32 Å². The molecule has 1 nitrogen and oxygen atoms in total. The van der Waals surface area contributed by atoms with Crippen molar-refractivity contribution in [2.75, 3.05) is 6.54 Å². The van der Waals surface area contributed by atoms with Gasteiger partial charge in [-0.1, -0.05) is 0 Å². The molecule has 0 atom stereocenters. The second-order valence-corrected chi connectivity index (χ2v) is 6.71. The average molecular weight is 264 g/mol. The van der Waals surface area contributed by atoms with E-state index in [0.29, 0.717) is 10.8 Å². The number of rotatable bonds is 3. The van der Waals surface area contributed by atoms with Crippen LogP contribution in [0, 0.1) is 5.92 Å². The minimum Gasteiger partial charge on any atom is -0.314 e. The highest BCUT2D eigenvalue weighted by molar-refractivity contribution is 6.20. The first kappa shape index (κ1) is 13.0. The van der Waals surface area contributed by atoms with Gasteiger partial charge in [-0.3, -0.25) is 0 Å². The Kier molecular flexibility index (Phi) is 5.25. The maximum Gasteiger partial charge on any atom is 0.0337 e. The summed E-state index contributed by atoms with van der Waals surface area (Å²) in [6, 6.07) is 0.726. The molecule has 0 aromatic heterocycles. The zero-order valence-electron chi connectivity index (χ0n) is 9.93. The Morgan fingerprint density at radius 2 is 1.25 bits per heavy atom. The van der Waals surface area contributed by atoms with Crippen molar-refractivity contribution in [3.05, 3.63) is 0 Å². The Morgan fingerprint density at radius 3 is 1.81 bits per heavy atom. The maximum atomic E-state index is 6.11. The largest absolute Gasteiger partial charge is 0.314 e. The van der Waals surface area contributed by atoms with E-state index in [4.69, 9.17) is 23.2 Å². The van der Waals surface area contributed by atoms with Crippen LogP contribution in [0.25, 0.3) is 0 Å². The fourth-order valence-corrected chi connectivity index (χ4v) is 3.42. The average Bonchev–Trinajstić information content (AvgIpc) is 2.30. The van der Waals surface area contributed by atoms with E-state index in [-0.39, 0.29) is 0 Å². The molecular weight excluding hydrogens is 241 g/mol. The SMILES string of the molecule is ClC1CCC(CNC2CCC(Cl)CC2)CC1. The lowest BCUT2D eigenvalue weighted by atomic mass is 9.88. The van der Waals surface area contributed by atoms with Gasteiger partial charge in [0, 0.05) is 16.8 Å². The second-order valence-electron chi connectivity index (χ2n) is 5.48. The van der Waals surface area contributed by atoms with Crippen molar-refractivity contribution in [1.82, 2.24) is 5.32 Å². The summed E-state index contributed by atoms with van der Waals surface area (Å²) in [5.41, 5.74) is 0. The van der Waals surface area contributed by atoms with E-state index in [9.17, 15) is 0 Å². The third-order valence-electron chi connectivity index (χ3n) is 4.13. The molecule has 0 saturated heterocycles. The molecule has 2 aliphatic carbocycles. The molecular formula is C13H23Cl2N. The van der Waals surface area contributed by atoms with Gasteiger partial charge in [-0.15, -0.1) is 23.2 Å². The van der Waals surface area contributed by atoms with Crippen molar-refractivity contribution in [3.8, 4) is 0 Å². The van der Waals surface area contributed by atoms with Gasteiger partial charge in [0.05, 0.1) is 0 Å². The van der Waals surface area contributed by atoms with Gasteiger partial charge in [0.15, 0.2) is 0 Å². The van der Waals surface area contributed by atoms with Gasteiger partial charge in [0.2, 0.25) is 0 Å². The van der Waals surface area contributed by atoms with Crippen molar-refractivity contribution in [2.45, 2.75) is 68.2 Å². The third kappa shape index (κ3) is 4.09. The minimum atomic E-state index is 0.435. The molecule has 0 amide bonds. The van der Waals surface area contributed by atoms with Crippen LogP contribution in [0.1, 0.15) is 51.4 Å². The van der Waals surface area contributed by atoms with Crippen molar-refractivity contribution in [2.24, 2.45) is 5.92 Å². The van der Waals surface area contributed by atoms with Crippen LogP contribution in [-0.4, -0.2) is 23.3 Å². The van der Waals surface area contributed by atoms with Crippen LogP contribution in [-0.2, 0) is 0 Å². The highest BCUT2D eigenvalue weighted by Gasteiger charge is 2.22. The quantitative estimate of drug-likeness (QED) is 0.762. The summed E-state index contributed by atoms with van der Waals surface area (Å²) in [4.78, 5) is 0. The van der Waals surface area contributed by atoms with Gasteiger partial charge in [-0.05, 0) is 63.8 Å². The van der Waals surface area contributed by atoms with Gasteiger partial charge >= 0.3 is 0 Å². The molecule has 2 aliphatic rings.